The number of amides is 1. The molecule has 0 atom stereocenters. The molecule has 0 aromatic carbocycles. The number of aromatic amines is 1. The Labute approximate surface area is 75.9 Å². The fourth-order valence-corrected chi connectivity index (χ4v) is 1.25. The first kappa shape index (κ1) is 8.22. The zero-order valence-corrected chi connectivity index (χ0v) is 7.50. The first-order chi connectivity index (χ1) is 6.25. The highest BCUT2D eigenvalue weighted by Crippen LogP contribution is 2.18. The number of nitrogens with one attached hydrogen (secondary N) is 2. The highest BCUT2D eigenvalue weighted by atomic mass is 16.2. The van der Waals surface area contributed by atoms with Gasteiger partial charge in [-0.05, 0) is 26.2 Å². The van der Waals surface area contributed by atoms with Gasteiger partial charge in [0.15, 0.2) is 0 Å². The van der Waals surface area contributed by atoms with Crippen molar-refractivity contribution in [3.05, 3.63) is 11.6 Å². The van der Waals surface area contributed by atoms with Gasteiger partial charge in [-0.3, -0.25) is 9.89 Å². The summed E-state index contributed by atoms with van der Waals surface area (Å²) in [6.45, 7) is 1.77. The van der Waals surface area contributed by atoms with Gasteiger partial charge in [0, 0.05) is 6.04 Å². The molecule has 1 heterocycles. The smallest absolute Gasteiger partial charge is 0.291 e. The summed E-state index contributed by atoms with van der Waals surface area (Å²) in [6, 6.07) is 0.339. The van der Waals surface area contributed by atoms with E-state index in [0.717, 1.165) is 12.8 Å². The summed E-state index contributed by atoms with van der Waals surface area (Å²) < 4.78 is 0. The molecule has 2 rings (SSSR count). The van der Waals surface area contributed by atoms with E-state index in [1.54, 1.807) is 6.92 Å². The van der Waals surface area contributed by atoms with Gasteiger partial charge in [0.2, 0.25) is 5.82 Å². The third kappa shape index (κ3) is 1.68. The third-order valence-electron chi connectivity index (χ3n) is 2.24. The molecule has 1 aromatic heterocycles. The number of carbonyl (C=O) groups excluding carboxylic acids is 1. The van der Waals surface area contributed by atoms with Gasteiger partial charge < -0.3 is 5.32 Å². The summed E-state index contributed by atoms with van der Waals surface area (Å²) in [5.74, 6) is 0.734. The maximum absolute atomic E-state index is 11.4. The topological polar surface area (TPSA) is 70.7 Å². The predicted molar refractivity (Wildman–Crippen MR) is 46.2 cm³/mol. The fraction of sp³-hybridized carbons (Fsp3) is 0.625. The number of aromatic nitrogens is 3. The van der Waals surface area contributed by atoms with Gasteiger partial charge in [0.05, 0.1) is 0 Å². The van der Waals surface area contributed by atoms with Crippen molar-refractivity contribution in [3.8, 4) is 0 Å². The number of H-pyrrole nitrogens is 1. The molecule has 0 bridgehead atoms. The van der Waals surface area contributed by atoms with Crippen molar-refractivity contribution in [2.45, 2.75) is 32.2 Å². The number of rotatable bonds is 2. The summed E-state index contributed by atoms with van der Waals surface area (Å²) in [5, 5.41) is 9.28. The molecule has 0 radical (unpaired) electrons. The summed E-state index contributed by atoms with van der Waals surface area (Å²) >= 11 is 0. The van der Waals surface area contributed by atoms with Crippen LogP contribution in [0.4, 0.5) is 0 Å². The Kier molecular flexibility index (Phi) is 2.00. The molecule has 1 amide bonds. The zero-order valence-electron chi connectivity index (χ0n) is 7.50. The Balaban J connectivity index is 1.96. The summed E-state index contributed by atoms with van der Waals surface area (Å²) in [6.07, 6.45) is 3.36. The Morgan fingerprint density at radius 3 is 2.85 bits per heavy atom. The molecule has 0 saturated heterocycles. The van der Waals surface area contributed by atoms with Crippen molar-refractivity contribution in [3.63, 3.8) is 0 Å². The minimum Gasteiger partial charge on any atom is -0.347 e. The molecular formula is C8H12N4O. The molecule has 5 heteroatoms. The molecule has 0 unspecified atom stereocenters. The molecule has 0 aliphatic heterocycles. The quantitative estimate of drug-likeness (QED) is 0.691. The van der Waals surface area contributed by atoms with Gasteiger partial charge in [-0.15, -0.1) is 5.10 Å². The van der Waals surface area contributed by atoms with Crippen LogP contribution in [0.1, 0.15) is 35.7 Å². The van der Waals surface area contributed by atoms with Crippen LogP contribution in [0.2, 0.25) is 0 Å². The average Bonchev–Trinajstić information content (AvgIpc) is 2.44. The molecular weight excluding hydrogens is 168 g/mol. The zero-order chi connectivity index (χ0) is 9.26. The fourth-order valence-electron chi connectivity index (χ4n) is 1.25. The normalized spacial score (nSPS) is 16.7. The second kappa shape index (κ2) is 3.16. The number of nitrogens with zero attached hydrogens (tertiary/aromatic N) is 2. The van der Waals surface area contributed by atoms with Gasteiger partial charge in [0.1, 0.15) is 5.82 Å². The Morgan fingerprint density at radius 1 is 1.62 bits per heavy atom. The van der Waals surface area contributed by atoms with Crippen molar-refractivity contribution in [1.29, 1.82) is 0 Å². The maximum Gasteiger partial charge on any atom is 0.291 e. The number of carbonyl (C=O) groups is 1. The van der Waals surface area contributed by atoms with Crippen LogP contribution in [-0.2, 0) is 0 Å². The van der Waals surface area contributed by atoms with E-state index in [1.165, 1.54) is 6.42 Å². The molecule has 1 saturated carbocycles. The minimum absolute atomic E-state index is 0.172. The molecule has 70 valence electrons. The first-order valence-corrected chi connectivity index (χ1v) is 4.45. The van der Waals surface area contributed by atoms with Crippen LogP contribution in [0.5, 0.6) is 0 Å². The van der Waals surface area contributed by atoms with E-state index in [4.69, 9.17) is 0 Å². The lowest BCUT2D eigenvalue weighted by atomic mass is 9.93. The van der Waals surface area contributed by atoms with E-state index >= 15 is 0 Å². The average molecular weight is 180 g/mol. The third-order valence-corrected chi connectivity index (χ3v) is 2.24. The van der Waals surface area contributed by atoms with Crippen molar-refractivity contribution < 1.29 is 4.79 Å². The van der Waals surface area contributed by atoms with Crippen LogP contribution in [0, 0.1) is 6.92 Å². The molecule has 1 aromatic rings. The van der Waals surface area contributed by atoms with E-state index < -0.39 is 0 Å². The predicted octanol–water partition coefficient (Wildman–Crippen LogP) is 0.395. The maximum atomic E-state index is 11.4. The van der Waals surface area contributed by atoms with Crippen LogP contribution in [0.25, 0.3) is 0 Å². The van der Waals surface area contributed by atoms with Gasteiger partial charge >= 0.3 is 0 Å². The van der Waals surface area contributed by atoms with Gasteiger partial charge in [-0.2, -0.15) is 0 Å². The van der Waals surface area contributed by atoms with E-state index in [0.29, 0.717) is 11.9 Å². The Hall–Kier alpha value is -1.39. The summed E-state index contributed by atoms with van der Waals surface area (Å²) in [4.78, 5) is 15.3. The number of hydrogen-bond acceptors (Lipinski definition) is 3. The van der Waals surface area contributed by atoms with Crippen LogP contribution < -0.4 is 5.32 Å². The summed E-state index contributed by atoms with van der Waals surface area (Å²) in [7, 11) is 0. The van der Waals surface area contributed by atoms with Crippen molar-refractivity contribution in [2.75, 3.05) is 0 Å². The molecule has 2 N–H and O–H groups in total. The van der Waals surface area contributed by atoms with Crippen LogP contribution in [0.3, 0.4) is 0 Å². The molecule has 5 nitrogen and oxygen atoms in total. The largest absolute Gasteiger partial charge is 0.347 e. The van der Waals surface area contributed by atoms with Gasteiger partial charge in [-0.1, -0.05) is 0 Å². The van der Waals surface area contributed by atoms with Crippen LogP contribution in [0.15, 0.2) is 0 Å². The monoisotopic (exact) mass is 180 g/mol. The lowest BCUT2D eigenvalue weighted by Gasteiger charge is -2.25. The standard InChI is InChI=1S/C8H12N4O/c1-5-9-7(12-11-5)8(13)10-6-3-2-4-6/h6H,2-4H2,1H3,(H,10,13)(H,9,11,12). The highest BCUT2D eigenvalue weighted by Gasteiger charge is 2.21. The van der Waals surface area contributed by atoms with E-state index in [1.807, 2.05) is 0 Å². The molecule has 1 aliphatic carbocycles. The van der Waals surface area contributed by atoms with Crippen LogP contribution in [-0.4, -0.2) is 27.1 Å². The molecule has 13 heavy (non-hydrogen) atoms. The molecule has 1 aliphatic rings. The molecule has 1 fully saturated rings. The van der Waals surface area contributed by atoms with E-state index in [-0.39, 0.29) is 11.7 Å². The number of aryl methyl sites for hydroxylation is 1. The highest BCUT2D eigenvalue weighted by molar-refractivity contribution is 5.90. The van der Waals surface area contributed by atoms with E-state index in [2.05, 4.69) is 20.5 Å². The second-order valence-electron chi connectivity index (χ2n) is 3.35. The SMILES string of the molecule is Cc1nc(C(=O)NC2CCC2)n[nH]1. The number of hydrogen-bond donors (Lipinski definition) is 2. The second-order valence-corrected chi connectivity index (χ2v) is 3.35. The summed E-state index contributed by atoms with van der Waals surface area (Å²) in [5.41, 5.74) is 0. The van der Waals surface area contributed by atoms with Crippen molar-refractivity contribution in [2.24, 2.45) is 0 Å². The van der Waals surface area contributed by atoms with E-state index in [9.17, 15) is 4.79 Å². The van der Waals surface area contributed by atoms with Crippen molar-refractivity contribution in [1.82, 2.24) is 20.5 Å². The molecule has 0 spiro atoms. The van der Waals surface area contributed by atoms with Crippen LogP contribution >= 0.6 is 0 Å². The lowest BCUT2D eigenvalue weighted by Crippen LogP contribution is -2.39. The first-order valence-electron chi connectivity index (χ1n) is 4.45. The van der Waals surface area contributed by atoms with Gasteiger partial charge in [-0.25, -0.2) is 4.98 Å². The Morgan fingerprint density at radius 2 is 2.38 bits per heavy atom. The van der Waals surface area contributed by atoms with Gasteiger partial charge in [0.25, 0.3) is 5.91 Å². The minimum atomic E-state index is -0.172. The van der Waals surface area contributed by atoms with Crippen molar-refractivity contribution >= 4 is 5.91 Å². The Bertz CT molecular complexity index is 316. The lowest BCUT2D eigenvalue weighted by molar-refractivity contribution is 0.0906.